The molecular formula is C51H95N3O30. The van der Waals surface area contributed by atoms with Crippen molar-refractivity contribution in [3.63, 3.8) is 0 Å². The molecule has 3 aliphatic heterocycles. The second-order valence-corrected chi connectivity index (χ2v) is 20.0. The van der Waals surface area contributed by atoms with Crippen molar-refractivity contribution in [3.05, 3.63) is 0 Å². The Hall–Kier alpha value is -2.51. The van der Waals surface area contributed by atoms with Crippen LogP contribution >= 0.6 is 0 Å². The van der Waals surface area contributed by atoms with Gasteiger partial charge in [0.15, 0.2) is 18.9 Å². The lowest BCUT2D eigenvalue weighted by Gasteiger charge is -2.39. The summed E-state index contributed by atoms with van der Waals surface area (Å²) in [5.74, 6) is -0.653. The Morgan fingerprint density at radius 2 is 0.667 bits per heavy atom. The summed E-state index contributed by atoms with van der Waals surface area (Å²) in [7, 11) is 0. The Labute approximate surface area is 487 Å². The largest absolute Gasteiger partial charge is 0.394 e. The van der Waals surface area contributed by atoms with Gasteiger partial charge in [0, 0.05) is 44.3 Å². The minimum atomic E-state index is -1.55. The minimum absolute atomic E-state index is 0.00573. The molecular weight excluding hydrogens is 1130 g/mol. The standard InChI is InChI=1S/C51H95N3O30/c1-51(31-77-9-3-37(59)53-6-12-71-15-18-74-21-24-80-49-46(68)43(65)40(62)35(28-56)83-49,32-78-10-4-38(60)54-7-13-72-16-19-75-22-25-81-50-47(69)44(66)41(63)36(29-57)84-50)30-76-8-2-33(58)26-52-5-11-70-14-17-73-20-23-79-48-45(67)42(64)39(61)34(27-55)82-48/h34-36,39-50,52,55-57,61-69H,2-32H2,1H3,(H,53,59)(H,54,60)/t34?,35?,36?,39-,40-,41-,42?,43?,44?,45?,46?,47?,48+,49+,50+,51?/m1/s1. The van der Waals surface area contributed by atoms with Gasteiger partial charge in [-0.15, -0.1) is 0 Å². The van der Waals surface area contributed by atoms with Gasteiger partial charge >= 0.3 is 0 Å². The van der Waals surface area contributed by atoms with E-state index in [0.29, 0.717) is 13.2 Å². The van der Waals surface area contributed by atoms with Crippen molar-refractivity contribution < 1.29 is 147 Å². The number of aliphatic hydroxyl groups is 12. The number of carbonyl (C=O) groups excluding carboxylic acids is 3. The molecule has 0 aromatic rings. The molecule has 33 heteroatoms. The molecule has 3 heterocycles. The number of hydrogen-bond donors (Lipinski definition) is 15. The first-order valence-electron chi connectivity index (χ1n) is 28.2. The smallest absolute Gasteiger partial charge is 0.222 e. The van der Waals surface area contributed by atoms with Crippen molar-refractivity contribution in [1.29, 1.82) is 0 Å². The van der Waals surface area contributed by atoms with Gasteiger partial charge in [-0.1, -0.05) is 6.92 Å². The molecule has 3 fully saturated rings. The maximum atomic E-state index is 12.6. The van der Waals surface area contributed by atoms with Gasteiger partial charge in [0.25, 0.3) is 0 Å². The van der Waals surface area contributed by atoms with Crippen molar-refractivity contribution in [2.75, 3.05) is 185 Å². The average molecular weight is 1230 g/mol. The monoisotopic (exact) mass is 1230 g/mol. The van der Waals surface area contributed by atoms with Crippen LogP contribution in [-0.2, 0) is 85.4 Å². The number of rotatable bonds is 50. The average Bonchev–Trinajstić information content (AvgIpc) is 3.65. The summed E-state index contributed by atoms with van der Waals surface area (Å²) in [6, 6.07) is 0. The van der Waals surface area contributed by atoms with Crippen molar-refractivity contribution in [2.24, 2.45) is 5.41 Å². The molecule has 15 atom stereocenters. The van der Waals surface area contributed by atoms with Crippen LogP contribution in [0.2, 0.25) is 0 Å². The molecule has 0 aromatic carbocycles. The number of ketones is 1. The first-order chi connectivity index (χ1) is 40.5. The highest BCUT2D eigenvalue weighted by Gasteiger charge is 2.46. The van der Waals surface area contributed by atoms with Gasteiger partial charge in [0.05, 0.1) is 165 Å². The van der Waals surface area contributed by atoms with Crippen molar-refractivity contribution >= 4 is 17.6 Å². The predicted octanol–water partition coefficient (Wildman–Crippen LogP) is -8.85. The van der Waals surface area contributed by atoms with E-state index in [1.165, 1.54) is 0 Å². The minimum Gasteiger partial charge on any atom is -0.394 e. The van der Waals surface area contributed by atoms with Crippen LogP contribution in [0.25, 0.3) is 0 Å². The van der Waals surface area contributed by atoms with E-state index in [4.69, 9.17) is 71.1 Å². The van der Waals surface area contributed by atoms with Crippen LogP contribution in [0, 0.1) is 5.41 Å². The third-order valence-electron chi connectivity index (χ3n) is 12.9. The highest BCUT2D eigenvalue weighted by atomic mass is 16.7. The molecule has 3 rings (SSSR count). The SMILES string of the molecule is CC(COCCC(=O)CNCCOCCOCCO[C@H]1OC(CO)[C@@H](O)C(O)C1O)(COCCC(=O)NCCOCCOCCO[C@H]1OC(CO)[C@@H](O)C(O)C1O)COCCC(=O)NCCOCCOCCO[C@H]1OC(CO)[C@@H](O)C(O)C1O. The molecule has 3 saturated heterocycles. The van der Waals surface area contributed by atoms with Gasteiger partial charge in [0.1, 0.15) is 79.0 Å². The van der Waals surface area contributed by atoms with Crippen LogP contribution in [0.1, 0.15) is 26.2 Å². The Morgan fingerprint density at radius 1 is 0.369 bits per heavy atom. The van der Waals surface area contributed by atoms with Gasteiger partial charge in [-0.2, -0.15) is 0 Å². The van der Waals surface area contributed by atoms with E-state index in [0.717, 1.165) is 0 Å². The summed E-state index contributed by atoms with van der Waals surface area (Å²) >= 11 is 0. The van der Waals surface area contributed by atoms with Gasteiger partial charge < -0.3 is 148 Å². The third-order valence-corrected chi connectivity index (χ3v) is 12.9. The summed E-state index contributed by atoms with van der Waals surface area (Å²) in [5.41, 5.74) is -0.739. The third kappa shape index (κ3) is 30.1. The molecule has 0 spiro atoms. The Balaban J connectivity index is 1.26. The molecule has 0 bridgehead atoms. The summed E-state index contributed by atoms with van der Waals surface area (Å²) in [6.07, 6.45) is -20.4. The van der Waals surface area contributed by atoms with Crippen LogP contribution < -0.4 is 16.0 Å². The first kappa shape index (κ1) is 75.7. The van der Waals surface area contributed by atoms with Gasteiger partial charge in [-0.05, 0) is 0 Å². The molecule has 0 saturated carbocycles. The summed E-state index contributed by atoms with van der Waals surface area (Å²) in [4.78, 5) is 37.6. The highest BCUT2D eigenvalue weighted by molar-refractivity contribution is 5.80. The molecule has 494 valence electrons. The summed E-state index contributed by atoms with van der Waals surface area (Å²) < 4.78 is 82.3. The lowest BCUT2D eigenvalue weighted by molar-refractivity contribution is -0.302. The Bertz CT molecular complexity index is 1620. The maximum Gasteiger partial charge on any atom is 0.222 e. The molecule has 15 N–H and O–H groups in total. The molecule has 9 unspecified atom stereocenters. The van der Waals surface area contributed by atoms with E-state index in [2.05, 4.69) is 16.0 Å². The van der Waals surface area contributed by atoms with Crippen LogP contribution in [0.3, 0.4) is 0 Å². The van der Waals surface area contributed by atoms with Gasteiger partial charge in [-0.3, -0.25) is 14.4 Å². The number of aliphatic hydroxyl groups excluding tert-OH is 12. The molecule has 0 radical (unpaired) electrons. The predicted molar refractivity (Wildman–Crippen MR) is 282 cm³/mol. The molecule has 84 heavy (non-hydrogen) atoms. The molecule has 33 nitrogen and oxygen atoms in total. The van der Waals surface area contributed by atoms with Gasteiger partial charge in [0.2, 0.25) is 11.8 Å². The van der Waals surface area contributed by atoms with Crippen LogP contribution in [0.15, 0.2) is 0 Å². The number of carbonyl (C=O) groups is 3. The van der Waals surface area contributed by atoms with E-state index in [9.17, 15) is 75.7 Å². The summed E-state index contributed by atoms with van der Waals surface area (Å²) in [6.45, 7) is 4.00. The normalized spacial score (nSPS) is 28.9. The van der Waals surface area contributed by atoms with Gasteiger partial charge in [-0.25, -0.2) is 0 Å². The van der Waals surface area contributed by atoms with E-state index < -0.39 is 117 Å². The number of nitrogens with one attached hydrogen (secondary N) is 3. The fourth-order valence-corrected chi connectivity index (χ4v) is 8.01. The van der Waals surface area contributed by atoms with E-state index in [-0.39, 0.29) is 189 Å². The molecule has 3 aliphatic rings. The number of Topliss-reactive ketones (excluding diaryl/α,β-unsaturated/α-hetero) is 1. The van der Waals surface area contributed by atoms with Crippen LogP contribution in [0.4, 0.5) is 0 Å². The molecule has 2 amide bonds. The second kappa shape index (κ2) is 44.8. The lowest BCUT2D eigenvalue weighted by Crippen LogP contribution is -2.59. The fraction of sp³-hybridized carbons (Fsp3) is 0.941. The number of amides is 2. The van der Waals surface area contributed by atoms with Crippen molar-refractivity contribution in [3.8, 4) is 0 Å². The number of ether oxygens (including phenoxy) is 15. The quantitative estimate of drug-likeness (QED) is 0.0252. The van der Waals surface area contributed by atoms with Crippen LogP contribution in [-0.4, -0.2) is 356 Å². The Morgan fingerprint density at radius 3 is 1.00 bits per heavy atom. The van der Waals surface area contributed by atoms with E-state index in [1.807, 2.05) is 6.92 Å². The first-order valence-corrected chi connectivity index (χ1v) is 28.2. The molecule has 0 aromatic heterocycles. The maximum absolute atomic E-state index is 12.6. The Kier molecular flexibility index (Phi) is 40.4. The van der Waals surface area contributed by atoms with Crippen molar-refractivity contribution in [1.82, 2.24) is 16.0 Å². The second-order valence-electron chi connectivity index (χ2n) is 20.0. The fourth-order valence-electron chi connectivity index (χ4n) is 8.01. The zero-order valence-corrected chi connectivity index (χ0v) is 47.8. The van der Waals surface area contributed by atoms with Crippen molar-refractivity contribution in [2.45, 2.75) is 118 Å². The van der Waals surface area contributed by atoms with Crippen LogP contribution in [0.5, 0.6) is 0 Å². The molecule has 0 aliphatic carbocycles. The number of hydrogen-bond acceptors (Lipinski definition) is 31. The topological polar surface area (TPSA) is 469 Å². The van der Waals surface area contributed by atoms with E-state index >= 15 is 0 Å². The highest BCUT2D eigenvalue weighted by Crippen LogP contribution is 2.25. The zero-order chi connectivity index (χ0) is 61.5. The summed E-state index contributed by atoms with van der Waals surface area (Å²) in [5, 5.41) is 126. The van der Waals surface area contributed by atoms with E-state index in [1.54, 1.807) is 0 Å². The lowest BCUT2D eigenvalue weighted by atomic mass is 9.94. The zero-order valence-electron chi connectivity index (χ0n) is 47.8.